The Morgan fingerprint density at radius 1 is 1.33 bits per heavy atom. The lowest BCUT2D eigenvalue weighted by Gasteiger charge is -2.20. The average Bonchev–Trinajstić information content (AvgIpc) is 2.34. The Hall–Kier alpha value is -2.17. The van der Waals surface area contributed by atoms with E-state index in [4.69, 9.17) is 5.11 Å². The van der Waals surface area contributed by atoms with Gasteiger partial charge in [-0.2, -0.15) is 0 Å². The number of carbonyl (C=O) groups excluding carboxylic acids is 1. The summed E-state index contributed by atoms with van der Waals surface area (Å²) in [5.74, 6) is -1.74. The summed E-state index contributed by atoms with van der Waals surface area (Å²) in [6.07, 6.45) is 1.38. The van der Waals surface area contributed by atoms with Gasteiger partial charge in [-0.25, -0.2) is 4.39 Å². The van der Waals surface area contributed by atoms with Crippen molar-refractivity contribution in [2.24, 2.45) is 0 Å². The second-order valence-electron chi connectivity index (χ2n) is 3.69. The van der Waals surface area contributed by atoms with E-state index in [-0.39, 0.29) is 25.4 Å². The maximum atomic E-state index is 12.7. The molecule has 0 radical (unpaired) electrons. The Labute approximate surface area is 104 Å². The highest BCUT2D eigenvalue weighted by Crippen LogP contribution is 2.07. The number of amides is 1. The Morgan fingerprint density at radius 3 is 2.44 bits per heavy atom. The lowest BCUT2D eigenvalue weighted by molar-refractivity contribution is -0.137. The first-order valence-corrected chi connectivity index (χ1v) is 5.42. The zero-order valence-corrected chi connectivity index (χ0v) is 9.80. The minimum absolute atomic E-state index is 0.0948. The lowest BCUT2D eigenvalue weighted by Crippen LogP contribution is -2.33. The molecule has 0 spiro atoms. The fourth-order valence-corrected chi connectivity index (χ4v) is 1.44. The van der Waals surface area contributed by atoms with Gasteiger partial charge >= 0.3 is 5.97 Å². The van der Waals surface area contributed by atoms with E-state index in [0.29, 0.717) is 5.56 Å². The smallest absolute Gasteiger partial charge is 0.305 e. The van der Waals surface area contributed by atoms with E-state index in [1.165, 1.54) is 35.2 Å². The van der Waals surface area contributed by atoms with Crippen LogP contribution in [0.25, 0.3) is 0 Å². The SMILES string of the molecule is C=CCN(CCC(=O)O)C(=O)c1ccc(F)cc1. The molecule has 1 aromatic rings. The molecule has 1 N–H and O–H groups in total. The van der Waals surface area contributed by atoms with E-state index >= 15 is 0 Å². The molecular formula is C13H14FNO3. The van der Waals surface area contributed by atoms with Crippen molar-refractivity contribution in [3.63, 3.8) is 0 Å². The second-order valence-corrected chi connectivity index (χ2v) is 3.69. The third kappa shape index (κ3) is 4.01. The van der Waals surface area contributed by atoms with Gasteiger partial charge in [0, 0.05) is 18.7 Å². The van der Waals surface area contributed by atoms with Crippen LogP contribution in [0.2, 0.25) is 0 Å². The number of carbonyl (C=O) groups is 2. The molecule has 5 heteroatoms. The average molecular weight is 251 g/mol. The van der Waals surface area contributed by atoms with Crippen molar-refractivity contribution < 1.29 is 19.1 Å². The summed E-state index contributed by atoms with van der Waals surface area (Å²) in [5, 5.41) is 8.61. The van der Waals surface area contributed by atoms with Gasteiger partial charge in [0.1, 0.15) is 5.82 Å². The Kier molecular flexibility index (Phi) is 5.05. The van der Waals surface area contributed by atoms with Gasteiger partial charge in [0.05, 0.1) is 6.42 Å². The van der Waals surface area contributed by atoms with Gasteiger partial charge in [-0.05, 0) is 24.3 Å². The van der Waals surface area contributed by atoms with Crippen molar-refractivity contribution in [3.8, 4) is 0 Å². The van der Waals surface area contributed by atoms with Crippen LogP contribution in [-0.2, 0) is 4.79 Å². The third-order valence-electron chi connectivity index (χ3n) is 2.32. The summed E-state index contributed by atoms with van der Waals surface area (Å²) < 4.78 is 12.7. The molecule has 0 unspecified atom stereocenters. The normalized spacial score (nSPS) is 9.83. The second kappa shape index (κ2) is 6.54. The summed E-state index contributed by atoms with van der Waals surface area (Å²) in [7, 11) is 0. The largest absolute Gasteiger partial charge is 0.481 e. The molecule has 4 nitrogen and oxygen atoms in total. The molecule has 0 aliphatic heterocycles. The number of hydrogen-bond donors (Lipinski definition) is 1. The molecule has 96 valence electrons. The van der Waals surface area contributed by atoms with Crippen molar-refractivity contribution in [3.05, 3.63) is 48.3 Å². The molecule has 0 atom stereocenters. The van der Waals surface area contributed by atoms with Gasteiger partial charge in [-0.15, -0.1) is 6.58 Å². The molecule has 18 heavy (non-hydrogen) atoms. The summed E-state index contributed by atoms with van der Waals surface area (Å²) in [5.41, 5.74) is 0.323. The van der Waals surface area contributed by atoms with Crippen molar-refractivity contribution in [1.82, 2.24) is 4.90 Å². The minimum Gasteiger partial charge on any atom is -0.481 e. The topological polar surface area (TPSA) is 57.6 Å². The molecule has 0 heterocycles. The lowest BCUT2D eigenvalue weighted by atomic mass is 10.2. The predicted octanol–water partition coefficient (Wildman–Crippen LogP) is 1.93. The van der Waals surface area contributed by atoms with E-state index < -0.39 is 11.8 Å². The van der Waals surface area contributed by atoms with Crippen LogP contribution in [0.4, 0.5) is 4.39 Å². The fourth-order valence-electron chi connectivity index (χ4n) is 1.44. The van der Waals surface area contributed by atoms with Crippen LogP contribution in [0.3, 0.4) is 0 Å². The van der Waals surface area contributed by atoms with E-state index in [1.54, 1.807) is 0 Å². The summed E-state index contributed by atoms with van der Waals surface area (Å²) in [6.45, 7) is 3.86. The molecule has 0 aliphatic carbocycles. The van der Waals surface area contributed by atoms with E-state index in [0.717, 1.165) is 0 Å². The molecule has 0 bridgehead atoms. The van der Waals surface area contributed by atoms with Crippen LogP contribution in [0.5, 0.6) is 0 Å². The number of carboxylic acid groups (broad SMARTS) is 1. The first-order chi connectivity index (χ1) is 8.54. The highest BCUT2D eigenvalue weighted by molar-refractivity contribution is 5.94. The van der Waals surface area contributed by atoms with Gasteiger partial charge in [0.25, 0.3) is 5.91 Å². The predicted molar refractivity (Wildman–Crippen MR) is 64.8 cm³/mol. The molecule has 1 amide bonds. The fraction of sp³-hybridized carbons (Fsp3) is 0.231. The molecule has 0 saturated carbocycles. The van der Waals surface area contributed by atoms with Crippen LogP contribution in [-0.4, -0.2) is 35.0 Å². The zero-order valence-electron chi connectivity index (χ0n) is 9.80. The number of benzene rings is 1. The van der Waals surface area contributed by atoms with Gasteiger partial charge in [-0.3, -0.25) is 9.59 Å². The molecule has 1 aromatic carbocycles. The summed E-state index contributed by atoms with van der Waals surface area (Å²) in [4.78, 5) is 23.9. The van der Waals surface area contributed by atoms with Gasteiger partial charge < -0.3 is 10.0 Å². The standard InChI is InChI=1S/C13H14FNO3/c1-2-8-15(9-7-12(16)17)13(18)10-3-5-11(14)6-4-10/h2-6H,1,7-9H2,(H,16,17). The third-order valence-corrected chi connectivity index (χ3v) is 2.32. The molecular weight excluding hydrogens is 237 g/mol. The number of carboxylic acids is 1. The highest BCUT2D eigenvalue weighted by Gasteiger charge is 2.15. The van der Waals surface area contributed by atoms with E-state index in [1.807, 2.05) is 0 Å². The van der Waals surface area contributed by atoms with Gasteiger partial charge in [0.2, 0.25) is 0 Å². The highest BCUT2D eigenvalue weighted by atomic mass is 19.1. The maximum absolute atomic E-state index is 12.7. The summed E-state index contributed by atoms with van der Waals surface area (Å²) in [6, 6.07) is 5.12. The van der Waals surface area contributed by atoms with Crippen LogP contribution in [0.15, 0.2) is 36.9 Å². The van der Waals surface area contributed by atoms with Gasteiger partial charge in [0.15, 0.2) is 0 Å². The molecule has 0 aromatic heterocycles. The van der Waals surface area contributed by atoms with Crippen LogP contribution >= 0.6 is 0 Å². The number of aliphatic carboxylic acids is 1. The molecule has 1 rings (SSSR count). The molecule has 0 aliphatic rings. The van der Waals surface area contributed by atoms with Crippen LogP contribution < -0.4 is 0 Å². The number of nitrogens with zero attached hydrogens (tertiary/aromatic N) is 1. The monoisotopic (exact) mass is 251 g/mol. The maximum Gasteiger partial charge on any atom is 0.305 e. The number of hydrogen-bond acceptors (Lipinski definition) is 2. The summed E-state index contributed by atoms with van der Waals surface area (Å²) >= 11 is 0. The van der Waals surface area contributed by atoms with E-state index in [9.17, 15) is 14.0 Å². The van der Waals surface area contributed by atoms with Crippen molar-refractivity contribution in [2.75, 3.05) is 13.1 Å². The van der Waals surface area contributed by atoms with Crippen LogP contribution in [0, 0.1) is 5.82 Å². The Balaban J connectivity index is 2.78. The first kappa shape index (κ1) is 13.9. The molecule has 0 fully saturated rings. The van der Waals surface area contributed by atoms with Gasteiger partial charge in [-0.1, -0.05) is 6.08 Å². The Bertz CT molecular complexity index is 442. The van der Waals surface area contributed by atoms with Crippen molar-refractivity contribution in [2.45, 2.75) is 6.42 Å². The van der Waals surface area contributed by atoms with Crippen molar-refractivity contribution in [1.29, 1.82) is 0 Å². The minimum atomic E-state index is -0.976. The quantitative estimate of drug-likeness (QED) is 0.786. The zero-order chi connectivity index (χ0) is 13.5. The number of rotatable bonds is 6. The molecule has 0 saturated heterocycles. The van der Waals surface area contributed by atoms with E-state index in [2.05, 4.69) is 6.58 Å². The van der Waals surface area contributed by atoms with Crippen molar-refractivity contribution >= 4 is 11.9 Å². The van der Waals surface area contributed by atoms with Crippen LogP contribution in [0.1, 0.15) is 16.8 Å². The number of halogens is 1. The first-order valence-electron chi connectivity index (χ1n) is 5.42. The Morgan fingerprint density at radius 2 is 1.94 bits per heavy atom.